The fourth-order valence-electron chi connectivity index (χ4n) is 2.82. The predicted molar refractivity (Wildman–Crippen MR) is 81.1 cm³/mol. The highest BCUT2D eigenvalue weighted by atomic mass is 32.1. The molecule has 2 aromatic heterocycles. The number of aliphatic hydroxyl groups is 1. The first kappa shape index (κ1) is 13.8. The maximum Gasteiger partial charge on any atom is 0.0991 e. The average molecular weight is 291 g/mol. The van der Waals surface area contributed by atoms with Gasteiger partial charge in [0.15, 0.2) is 0 Å². The van der Waals surface area contributed by atoms with E-state index >= 15 is 0 Å². The number of aliphatic hydroxyl groups excluding tert-OH is 1. The van der Waals surface area contributed by atoms with Crippen LogP contribution in [0.5, 0.6) is 0 Å². The Kier molecular flexibility index (Phi) is 4.50. The fourth-order valence-corrected chi connectivity index (χ4v) is 3.65. The van der Waals surface area contributed by atoms with Gasteiger partial charge in [0.05, 0.1) is 18.1 Å². The molecule has 5 heteroatoms. The van der Waals surface area contributed by atoms with Crippen molar-refractivity contribution in [1.29, 1.82) is 0 Å². The summed E-state index contributed by atoms with van der Waals surface area (Å²) in [6.07, 6.45) is 10.0. The first-order chi connectivity index (χ1) is 9.83. The normalized spacial score (nSPS) is 23.1. The number of nitrogens with zero attached hydrogens (tertiary/aromatic N) is 2. The molecule has 4 nitrogen and oxygen atoms in total. The fraction of sp³-hybridized carbons (Fsp3) is 0.533. The van der Waals surface area contributed by atoms with Crippen LogP contribution in [0, 0.1) is 5.92 Å². The molecule has 0 aliphatic heterocycles. The second-order valence-electron chi connectivity index (χ2n) is 5.48. The largest absolute Gasteiger partial charge is 0.393 e. The van der Waals surface area contributed by atoms with Crippen LogP contribution in [0.3, 0.4) is 0 Å². The molecule has 0 radical (unpaired) electrons. The number of imidazole rings is 1. The second kappa shape index (κ2) is 6.52. The van der Waals surface area contributed by atoms with Gasteiger partial charge in [0.2, 0.25) is 0 Å². The molecule has 1 saturated carbocycles. The van der Waals surface area contributed by atoms with Gasteiger partial charge in [-0.15, -0.1) is 11.3 Å². The minimum atomic E-state index is -0.110. The van der Waals surface area contributed by atoms with Gasteiger partial charge in [0.1, 0.15) is 0 Å². The molecule has 20 heavy (non-hydrogen) atoms. The van der Waals surface area contributed by atoms with Crippen molar-refractivity contribution in [2.75, 3.05) is 6.54 Å². The summed E-state index contributed by atoms with van der Waals surface area (Å²) in [7, 11) is 0. The molecule has 0 unspecified atom stereocenters. The molecule has 0 aromatic carbocycles. The van der Waals surface area contributed by atoms with Gasteiger partial charge in [-0.1, -0.05) is 12.8 Å². The zero-order valence-electron chi connectivity index (χ0n) is 11.5. The molecule has 0 amide bonds. The quantitative estimate of drug-likeness (QED) is 0.890. The maximum atomic E-state index is 9.95. The molecular formula is C15H21N3OS. The zero-order chi connectivity index (χ0) is 13.8. The van der Waals surface area contributed by atoms with Gasteiger partial charge in [0, 0.05) is 35.7 Å². The van der Waals surface area contributed by atoms with Crippen LogP contribution >= 0.6 is 11.3 Å². The zero-order valence-corrected chi connectivity index (χ0v) is 12.4. The van der Waals surface area contributed by atoms with E-state index in [0.717, 1.165) is 25.9 Å². The van der Waals surface area contributed by atoms with Gasteiger partial charge in [-0.2, -0.15) is 0 Å². The summed E-state index contributed by atoms with van der Waals surface area (Å²) >= 11 is 1.76. The average Bonchev–Trinajstić information content (AvgIpc) is 3.11. The van der Waals surface area contributed by atoms with E-state index in [1.54, 1.807) is 17.5 Å². The van der Waals surface area contributed by atoms with Crippen molar-refractivity contribution in [2.24, 2.45) is 5.92 Å². The Morgan fingerprint density at radius 2 is 2.30 bits per heavy atom. The minimum Gasteiger partial charge on any atom is -0.393 e. The number of hydrogen-bond donors (Lipinski definition) is 2. The van der Waals surface area contributed by atoms with Crippen LogP contribution in [0.15, 0.2) is 30.2 Å². The maximum absolute atomic E-state index is 9.95. The van der Waals surface area contributed by atoms with E-state index in [9.17, 15) is 5.11 Å². The van der Waals surface area contributed by atoms with Gasteiger partial charge in [0.25, 0.3) is 0 Å². The van der Waals surface area contributed by atoms with E-state index in [-0.39, 0.29) is 6.10 Å². The second-order valence-corrected chi connectivity index (χ2v) is 6.48. The molecule has 0 spiro atoms. The van der Waals surface area contributed by atoms with Crippen molar-refractivity contribution in [3.63, 3.8) is 0 Å². The highest BCUT2D eigenvalue weighted by Gasteiger charge is 2.22. The van der Waals surface area contributed by atoms with E-state index in [1.165, 1.54) is 23.4 Å². The van der Waals surface area contributed by atoms with Crippen LogP contribution in [0.25, 0.3) is 5.69 Å². The van der Waals surface area contributed by atoms with Crippen LogP contribution in [0.1, 0.15) is 30.6 Å². The van der Waals surface area contributed by atoms with Crippen LogP contribution in [-0.4, -0.2) is 27.3 Å². The molecule has 2 atom stereocenters. The van der Waals surface area contributed by atoms with Gasteiger partial charge < -0.3 is 15.0 Å². The molecule has 2 heterocycles. The van der Waals surface area contributed by atoms with Gasteiger partial charge >= 0.3 is 0 Å². The van der Waals surface area contributed by atoms with Crippen LogP contribution < -0.4 is 5.32 Å². The number of hydrogen-bond acceptors (Lipinski definition) is 4. The Bertz CT molecular complexity index is 523. The summed E-state index contributed by atoms with van der Waals surface area (Å²) < 4.78 is 2.02. The number of nitrogens with one attached hydrogen (secondary N) is 1. The van der Waals surface area contributed by atoms with Crippen LogP contribution in [0.2, 0.25) is 0 Å². The van der Waals surface area contributed by atoms with E-state index in [2.05, 4.69) is 21.7 Å². The molecular weight excluding hydrogens is 270 g/mol. The topological polar surface area (TPSA) is 50.1 Å². The Labute approximate surface area is 123 Å². The SMILES string of the molecule is O[C@@H]1CCCC[C@H]1CNCc1cc(-n2ccnc2)cs1. The standard InChI is InChI=1S/C15H21N3OS/c19-15-4-2-1-3-12(15)8-17-9-14-7-13(10-20-14)18-6-5-16-11-18/h5-7,10-12,15,17,19H,1-4,8-9H2/t12-,15+/m0/s1. The lowest BCUT2D eigenvalue weighted by Gasteiger charge is -2.27. The monoisotopic (exact) mass is 291 g/mol. The molecule has 108 valence electrons. The van der Waals surface area contributed by atoms with E-state index in [4.69, 9.17) is 0 Å². The lowest BCUT2D eigenvalue weighted by Crippen LogP contribution is -2.33. The number of thiophene rings is 1. The lowest BCUT2D eigenvalue weighted by atomic mass is 9.86. The van der Waals surface area contributed by atoms with Crippen molar-refractivity contribution < 1.29 is 5.11 Å². The summed E-state index contributed by atoms with van der Waals surface area (Å²) in [6, 6.07) is 2.19. The summed E-state index contributed by atoms with van der Waals surface area (Å²) in [5.41, 5.74) is 1.17. The van der Waals surface area contributed by atoms with Gasteiger partial charge in [-0.05, 0) is 24.8 Å². The predicted octanol–water partition coefficient (Wildman–Crippen LogP) is 2.57. The smallest absolute Gasteiger partial charge is 0.0991 e. The van der Waals surface area contributed by atoms with Crippen LogP contribution in [0.4, 0.5) is 0 Å². The first-order valence-corrected chi connectivity index (χ1v) is 8.15. The Morgan fingerprint density at radius 3 is 3.10 bits per heavy atom. The number of aromatic nitrogens is 2. The molecule has 1 fully saturated rings. The molecule has 2 aromatic rings. The highest BCUT2D eigenvalue weighted by molar-refractivity contribution is 7.10. The van der Waals surface area contributed by atoms with Crippen LogP contribution in [-0.2, 0) is 6.54 Å². The Hall–Kier alpha value is -1.17. The first-order valence-electron chi connectivity index (χ1n) is 7.27. The molecule has 3 rings (SSSR count). The molecule has 0 bridgehead atoms. The van der Waals surface area contributed by atoms with Crippen molar-refractivity contribution in [2.45, 2.75) is 38.3 Å². The summed E-state index contributed by atoms with van der Waals surface area (Å²) in [4.78, 5) is 5.38. The van der Waals surface area contributed by atoms with Crippen molar-refractivity contribution in [3.8, 4) is 5.69 Å². The van der Waals surface area contributed by atoms with E-state index in [0.29, 0.717) is 5.92 Å². The van der Waals surface area contributed by atoms with E-state index < -0.39 is 0 Å². The van der Waals surface area contributed by atoms with Crippen molar-refractivity contribution >= 4 is 11.3 Å². The molecule has 0 saturated heterocycles. The summed E-state index contributed by atoms with van der Waals surface area (Å²) in [5, 5.41) is 15.6. The minimum absolute atomic E-state index is 0.110. The third-order valence-electron chi connectivity index (χ3n) is 4.02. The van der Waals surface area contributed by atoms with Gasteiger partial charge in [-0.3, -0.25) is 0 Å². The third-order valence-corrected chi connectivity index (χ3v) is 4.94. The molecule has 2 N–H and O–H groups in total. The number of rotatable bonds is 5. The van der Waals surface area contributed by atoms with E-state index in [1.807, 2.05) is 17.1 Å². The highest BCUT2D eigenvalue weighted by Crippen LogP contribution is 2.24. The Morgan fingerprint density at radius 1 is 1.40 bits per heavy atom. The van der Waals surface area contributed by atoms with Crippen molar-refractivity contribution in [1.82, 2.24) is 14.9 Å². The van der Waals surface area contributed by atoms with Gasteiger partial charge in [-0.25, -0.2) is 4.98 Å². The summed E-state index contributed by atoms with van der Waals surface area (Å²) in [6.45, 7) is 1.79. The van der Waals surface area contributed by atoms with Crippen molar-refractivity contribution in [3.05, 3.63) is 35.0 Å². The lowest BCUT2D eigenvalue weighted by molar-refractivity contribution is 0.0695. The third kappa shape index (κ3) is 3.29. The molecule has 1 aliphatic rings. The Balaban J connectivity index is 1.49. The summed E-state index contributed by atoms with van der Waals surface area (Å²) in [5.74, 6) is 0.428. The molecule has 1 aliphatic carbocycles.